The maximum Gasteiger partial charge on any atom is 0.143 e. The van der Waals surface area contributed by atoms with Gasteiger partial charge in [-0.2, -0.15) is 0 Å². The van der Waals surface area contributed by atoms with Crippen LogP contribution in [0.3, 0.4) is 0 Å². The van der Waals surface area contributed by atoms with Crippen LogP contribution in [0.5, 0.6) is 0 Å². The van der Waals surface area contributed by atoms with E-state index >= 15 is 0 Å². The summed E-state index contributed by atoms with van der Waals surface area (Å²) in [6.07, 6.45) is 0. The Morgan fingerprint density at radius 2 is 0.957 bits per heavy atom. The maximum absolute atomic E-state index is 9.61. The third-order valence-corrected chi connectivity index (χ3v) is 9.40. The molecule has 1 aromatic heterocycles. The molecule has 0 saturated heterocycles. The summed E-state index contributed by atoms with van der Waals surface area (Å²) in [5, 5.41) is 8.17. The first-order chi connectivity index (χ1) is 25.8. The normalized spacial score (nSPS) is 13.6. The van der Waals surface area contributed by atoms with E-state index in [0.717, 1.165) is 65.4 Å². The smallest absolute Gasteiger partial charge is 0.143 e. The molecule has 10 rings (SSSR count). The zero-order chi connectivity index (χ0) is 36.1. The molecule has 1 nitrogen and oxygen atoms in total. The average molecular weight is 603 g/mol. The van der Waals surface area contributed by atoms with Crippen LogP contribution in [0.15, 0.2) is 174 Å². The molecule has 1 heteroatoms. The van der Waals surface area contributed by atoms with E-state index < -0.39 is 0 Å². The summed E-state index contributed by atoms with van der Waals surface area (Å²) in [5.74, 6) is 0. The molecule has 0 radical (unpaired) electrons. The molecule has 10 aromatic rings. The van der Waals surface area contributed by atoms with E-state index in [0.29, 0.717) is 22.3 Å². The van der Waals surface area contributed by atoms with Gasteiger partial charge >= 0.3 is 0 Å². The van der Waals surface area contributed by atoms with Crippen LogP contribution < -0.4 is 0 Å². The van der Waals surface area contributed by atoms with Gasteiger partial charge in [-0.1, -0.05) is 152 Å². The van der Waals surface area contributed by atoms with Gasteiger partial charge in [0.1, 0.15) is 11.2 Å². The van der Waals surface area contributed by atoms with Crippen molar-refractivity contribution in [2.75, 3.05) is 0 Å². The Hall–Kier alpha value is -6.18. The summed E-state index contributed by atoms with van der Waals surface area (Å²) in [4.78, 5) is 0. The lowest BCUT2D eigenvalue weighted by molar-refractivity contribution is 0.673. The van der Waals surface area contributed by atoms with Crippen molar-refractivity contribution >= 4 is 65.0 Å². The summed E-state index contributed by atoms with van der Waals surface area (Å²) in [5.41, 5.74) is 5.47. The fourth-order valence-corrected chi connectivity index (χ4v) is 7.31. The van der Waals surface area contributed by atoms with Gasteiger partial charge in [-0.05, 0) is 89.3 Å². The topological polar surface area (TPSA) is 13.1 Å². The quantitative estimate of drug-likeness (QED) is 0.183. The second-order valence-corrected chi connectivity index (χ2v) is 11.9. The molecule has 0 aliphatic carbocycles. The molecule has 0 aliphatic rings. The molecule has 0 N–H and O–H groups in total. The van der Waals surface area contributed by atoms with E-state index in [4.69, 9.17) is 8.53 Å². The Balaban J connectivity index is 1.33. The van der Waals surface area contributed by atoms with Crippen LogP contribution in [0.4, 0.5) is 0 Å². The Morgan fingerprint density at radius 1 is 0.383 bits per heavy atom. The molecule has 0 unspecified atom stereocenters. The summed E-state index contributed by atoms with van der Waals surface area (Å²) in [6, 6.07) is 42.5. The second-order valence-electron chi connectivity index (χ2n) is 11.9. The first-order valence-corrected chi connectivity index (χ1v) is 15.7. The number of hydrogen-bond donors (Lipinski definition) is 0. The van der Waals surface area contributed by atoms with Gasteiger partial charge < -0.3 is 4.42 Å². The molecule has 0 fully saturated rings. The fourth-order valence-electron chi connectivity index (χ4n) is 7.31. The molecule has 47 heavy (non-hydrogen) atoms. The largest absolute Gasteiger partial charge is 0.455 e. The first kappa shape index (κ1) is 20.8. The predicted octanol–water partition coefficient (Wildman–Crippen LogP) is 13.2. The van der Waals surface area contributed by atoms with Gasteiger partial charge in [0.05, 0.1) is 8.22 Å². The van der Waals surface area contributed by atoms with Crippen LogP contribution in [-0.2, 0) is 0 Å². The Morgan fingerprint density at radius 3 is 1.68 bits per heavy atom. The third-order valence-electron chi connectivity index (χ3n) is 9.40. The van der Waals surface area contributed by atoms with E-state index in [1.807, 2.05) is 78.9 Å². The van der Waals surface area contributed by atoms with Crippen molar-refractivity contribution in [3.63, 3.8) is 0 Å². The van der Waals surface area contributed by atoms with Crippen molar-refractivity contribution in [2.45, 2.75) is 0 Å². The highest BCUT2D eigenvalue weighted by Gasteiger charge is 2.20. The van der Waals surface area contributed by atoms with E-state index in [1.165, 1.54) is 0 Å². The highest BCUT2D eigenvalue weighted by Crippen LogP contribution is 2.47. The standard InChI is InChI=1S/C46H28O/c1-2-12-29(13-3-1)32-26-27-41(35-17-7-6-16-34(32)35)45-39-20-10-8-18-37(39)44(38-19-9-11-21-40(38)45)31-23-24-36-42-25-22-30-14-4-5-15-33(30)46(42)47-43(36)28-31/h1-28H/i6D,7D,16D,17D,26D,27D. The molecule has 9 aromatic carbocycles. The Bertz CT molecular complexity index is 3130. The molecular weight excluding hydrogens is 569 g/mol. The first-order valence-electron chi connectivity index (χ1n) is 18.7. The maximum atomic E-state index is 9.61. The zero-order valence-corrected chi connectivity index (χ0v) is 25.1. The van der Waals surface area contributed by atoms with Crippen LogP contribution in [0.25, 0.3) is 98.4 Å². The molecule has 0 atom stereocenters. The lowest BCUT2D eigenvalue weighted by Crippen LogP contribution is -1.92. The summed E-state index contributed by atoms with van der Waals surface area (Å²) < 4.78 is 61.4. The summed E-state index contributed by atoms with van der Waals surface area (Å²) >= 11 is 0. The second kappa shape index (κ2) is 10.2. The van der Waals surface area contributed by atoms with Gasteiger partial charge in [0.25, 0.3) is 0 Å². The minimum atomic E-state index is -0.378. The van der Waals surface area contributed by atoms with Gasteiger partial charge in [-0.15, -0.1) is 0 Å². The molecule has 1 heterocycles. The minimum absolute atomic E-state index is 0.0937. The van der Waals surface area contributed by atoms with Crippen molar-refractivity contribution < 1.29 is 12.6 Å². The zero-order valence-electron chi connectivity index (χ0n) is 31.1. The Kier molecular flexibility index (Phi) is 4.49. The molecule has 218 valence electrons. The average Bonchev–Trinajstić information content (AvgIpc) is 3.58. The highest BCUT2D eigenvalue weighted by atomic mass is 16.3. The van der Waals surface area contributed by atoms with Crippen LogP contribution >= 0.6 is 0 Å². The van der Waals surface area contributed by atoms with Gasteiger partial charge in [-0.3, -0.25) is 0 Å². The van der Waals surface area contributed by atoms with Gasteiger partial charge in [-0.25, -0.2) is 0 Å². The van der Waals surface area contributed by atoms with Crippen LogP contribution in [-0.4, -0.2) is 0 Å². The lowest BCUT2D eigenvalue weighted by Gasteiger charge is -2.19. The van der Waals surface area contributed by atoms with E-state index in [-0.39, 0.29) is 47.0 Å². The summed E-state index contributed by atoms with van der Waals surface area (Å²) in [6.45, 7) is 0. The number of rotatable bonds is 3. The van der Waals surface area contributed by atoms with Crippen molar-refractivity contribution in [3.05, 3.63) is 170 Å². The summed E-state index contributed by atoms with van der Waals surface area (Å²) in [7, 11) is 0. The number of furan rings is 1. The van der Waals surface area contributed by atoms with Crippen LogP contribution in [0.1, 0.15) is 8.22 Å². The molecular formula is C46H28O. The number of hydrogen-bond acceptors (Lipinski definition) is 1. The molecule has 0 amide bonds. The molecule has 0 bridgehead atoms. The molecule has 0 spiro atoms. The van der Waals surface area contributed by atoms with Crippen molar-refractivity contribution in [2.24, 2.45) is 0 Å². The van der Waals surface area contributed by atoms with E-state index in [9.17, 15) is 4.11 Å². The lowest BCUT2D eigenvalue weighted by atomic mass is 9.83. The van der Waals surface area contributed by atoms with Crippen molar-refractivity contribution in [1.29, 1.82) is 0 Å². The fraction of sp³-hybridized carbons (Fsp3) is 0. The van der Waals surface area contributed by atoms with E-state index in [2.05, 4.69) is 54.6 Å². The third kappa shape index (κ3) is 3.90. The van der Waals surface area contributed by atoms with Gasteiger partial charge in [0.15, 0.2) is 0 Å². The van der Waals surface area contributed by atoms with E-state index in [1.54, 1.807) is 0 Å². The van der Waals surface area contributed by atoms with Crippen LogP contribution in [0.2, 0.25) is 0 Å². The highest BCUT2D eigenvalue weighted by molar-refractivity contribution is 6.25. The molecule has 0 aliphatic heterocycles. The van der Waals surface area contributed by atoms with Crippen molar-refractivity contribution in [3.8, 4) is 33.4 Å². The number of benzene rings is 9. The molecule has 0 saturated carbocycles. The predicted molar refractivity (Wildman–Crippen MR) is 200 cm³/mol. The monoisotopic (exact) mass is 602 g/mol. The van der Waals surface area contributed by atoms with Crippen molar-refractivity contribution in [1.82, 2.24) is 0 Å². The number of fused-ring (bicyclic) bond motifs is 8. The SMILES string of the molecule is [2H]c1c([2H])c([2H])c2c(-c3c4ccccc4c(-c4ccc5c(c4)oc4c6ccccc6ccc54)c4ccccc34)c([2H])c([2H])c(-c3ccccc3)c2c1[2H]. The minimum Gasteiger partial charge on any atom is -0.455 e. The Labute approximate surface area is 280 Å². The van der Waals surface area contributed by atoms with Crippen LogP contribution in [0, 0.1) is 0 Å². The van der Waals surface area contributed by atoms with Gasteiger partial charge in [0.2, 0.25) is 0 Å². The van der Waals surface area contributed by atoms with Gasteiger partial charge in [0, 0.05) is 16.2 Å².